The Hall–Kier alpha value is -3.37. The van der Waals surface area contributed by atoms with Gasteiger partial charge in [-0.3, -0.25) is 4.18 Å². The predicted molar refractivity (Wildman–Crippen MR) is 169 cm³/mol. The molecule has 0 aliphatic carbocycles. The van der Waals surface area contributed by atoms with E-state index in [1.54, 1.807) is 0 Å². The van der Waals surface area contributed by atoms with Crippen LogP contribution in [-0.4, -0.2) is 20.5 Å². The van der Waals surface area contributed by atoms with Gasteiger partial charge in [0.2, 0.25) is 0 Å². The number of halogens is 3. The van der Waals surface area contributed by atoms with Crippen molar-refractivity contribution in [1.82, 2.24) is 0 Å². The van der Waals surface area contributed by atoms with Gasteiger partial charge in [-0.05, 0) is 56.2 Å². The Kier molecular flexibility index (Phi) is 10.6. The molecule has 6 aromatic rings. The third-order valence-electron chi connectivity index (χ3n) is 6.65. The monoisotopic (exact) mass is 708 g/mol. The molecule has 0 atom stereocenters. The van der Waals surface area contributed by atoms with Gasteiger partial charge in [0.05, 0.1) is 6.61 Å². The molecule has 0 unspecified atom stereocenters. The van der Waals surface area contributed by atoms with Crippen molar-refractivity contribution in [3.8, 4) is 0 Å². The van der Waals surface area contributed by atoms with Gasteiger partial charge in [-0.2, -0.15) is 21.6 Å². The quantitative estimate of drug-likeness (QED) is 0.0581. The first-order chi connectivity index (χ1) is 20.2. The summed E-state index contributed by atoms with van der Waals surface area (Å²) in [6, 6.07) is 46.6. The van der Waals surface area contributed by atoms with E-state index in [9.17, 15) is 21.6 Å². The van der Waals surface area contributed by atoms with Gasteiger partial charge in [-0.1, -0.05) is 133 Å². The van der Waals surface area contributed by atoms with Gasteiger partial charge < -0.3 is 0 Å². The van der Waals surface area contributed by atoms with E-state index < -0.39 is 30.2 Å². The van der Waals surface area contributed by atoms with Gasteiger partial charge in [0, 0.05) is 20.4 Å². The largest absolute Gasteiger partial charge is 0.523 e. The van der Waals surface area contributed by atoms with Crippen LogP contribution >= 0.6 is 7.92 Å². The fourth-order valence-electron chi connectivity index (χ4n) is 4.80. The van der Waals surface area contributed by atoms with E-state index in [1.165, 1.54) is 48.2 Å². The summed E-state index contributed by atoms with van der Waals surface area (Å²) in [5.41, 5.74) is -5.35. The van der Waals surface area contributed by atoms with Crippen molar-refractivity contribution in [3.63, 3.8) is 0 Å². The van der Waals surface area contributed by atoms with E-state index in [-0.39, 0.29) is 20.4 Å². The molecule has 6 aromatic carbocycles. The molecule has 0 fully saturated rings. The van der Waals surface area contributed by atoms with Crippen LogP contribution in [0.15, 0.2) is 140 Å². The van der Waals surface area contributed by atoms with E-state index in [1.807, 2.05) is 0 Å². The average Bonchev–Trinajstić information content (AvgIpc) is 3.00. The van der Waals surface area contributed by atoms with Gasteiger partial charge in [-0.15, -0.1) is 6.58 Å². The van der Waals surface area contributed by atoms with Gasteiger partial charge in [-0.25, -0.2) is 0 Å². The molecule has 0 saturated heterocycles. The second-order valence-corrected chi connectivity index (χ2v) is 13.0. The molecule has 0 spiro atoms. The molecule has 0 saturated carbocycles. The van der Waals surface area contributed by atoms with Crippen molar-refractivity contribution < 1.29 is 46.2 Å². The van der Waals surface area contributed by atoms with Crippen molar-refractivity contribution >= 4 is 66.3 Å². The van der Waals surface area contributed by atoms with Crippen LogP contribution in [0.4, 0.5) is 13.2 Å². The molecule has 0 aromatic heterocycles. The van der Waals surface area contributed by atoms with E-state index in [4.69, 9.17) is 0 Å². The second-order valence-electron chi connectivity index (χ2n) is 9.30. The maximum Gasteiger partial charge on any atom is 0.523 e. The topological polar surface area (TPSA) is 43.4 Å². The fraction of sp³-hybridized carbons (Fsp3) is 0.0588. The summed E-state index contributed by atoms with van der Waals surface area (Å²) in [5.74, 6) is 0. The van der Waals surface area contributed by atoms with Crippen LogP contribution in [-0.2, 0) is 34.7 Å². The summed E-state index contributed by atoms with van der Waals surface area (Å²) < 4.78 is 57.7. The summed E-state index contributed by atoms with van der Waals surface area (Å²) in [6.45, 7) is 2.31. The zero-order chi connectivity index (χ0) is 29.7. The molecule has 6 rings (SSSR count). The van der Waals surface area contributed by atoms with Crippen LogP contribution in [0.3, 0.4) is 0 Å². The molecular formula is C34H26F3O3PPdS. The van der Waals surface area contributed by atoms with Crippen LogP contribution in [0.2, 0.25) is 0 Å². The SMILES string of the molecule is C=CCOS(=O)(=O)C(F)(F)F.[Pd].c1ccc2c(P(c3cccc4ccccc34)c3cccc4ccccc34)cccc2c1. The third kappa shape index (κ3) is 7.07. The van der Waals surface area contributed by atoms with E-state index in [0.29, 0.717) is 0 Å². The normalized spacial score (nSPS) is 11.6. The zero-order valence-electron chi connectivity index (χ0n) is 22.6. The summed E-state index contributed by atoms with van der Waals surface area (Å²) in [5, 5.41) is 12.2. The minimum atomic E-state index is -5.43. The molecule has 0 heterocycles. The number of rotatable bonds is 6. The first-order valence-corrected chi connectivity index (χ1v) is 15.8. The van der Waals surface area contributed by atoms with Crippen molar-refractivity contribution in [2.75, 3.05) is 6.61 Å². The Bertz CT molecular complexity index is 1790. The molecule has 222 valence electrons. The smallest absolute Gasteiger partial charge is 0.259 e. The molecule has 0 radical (unpaired) electrons. The van der Waals surface area contributed by atoms with Crippen LogP contribution in [0.5, 0.6) is 0 Å². The van der Waals surface area contributed by atoms with Crippen molar-refractivity contribution in [2.24, 2.45) is 0 Å². The molecule has 3 nitrogen and oxygen atoms in total. The van der Waals surface area contributed by atoms with Crippen LogP contribution in [0.25, 0.3) is 32.3 Å². The van der Waals surface area contributed by atoms with E-state index in [0.717, 1.165) is 6.08 Å². The predicted octanol–water partition coefficient (Wildman–Crippen LogP) is 7.94. The summed E-state index contributed by atoms with van der Waals surface area (Å²) in [6.07, 6.45) is 0.906. The molecule has 0 N–H and O–H groups in total. The Morgan fingerprint density at radius 1 is 0.605 bits per heavy atom. The Morgan fingerprint density at radius 3 is 1.26 bits per heavy atom. The third-order valence-corrected chi connectivity index (χ3v) is 10.3. The number of alkyl halides is 3. The van der Waals surface area contributed by atoms with E-state index in [2.05, 4.69) is 138 Å². The fourth-order valence-corrected chi connectivity index (χ4v) is 8.03. The standard InChI is InChI=1S/C30H21P.C4H5F3O3S.Pd/c1-4-16-25-22(10-1)13-7-19-28(25)31(29-20-8-14-23-11-2-5-17-26(23)29)30-21-9-15-24-12-3-6-18-27(24)30;1-2-3-10-11(8,9)4(5,6)7;/h1-21H;2H,1,3H2;. The van der Waals surface area contributed by atoms with Crippen LogP contribution in [0, 0.1) is 0 Å². The first-order valence-electron chi connectivity index (χ1n) is 13.0. The summed E-state index contributed by atoms with van der Waals surface area (Å²) in [4.78, 5) is 0. The molecule has 9 heteroatoms. The van der Waals surface area contributed by atoms with Crippen molar-refractivity contribution in [2.45, 2.75) is 5.51 Å². The zero-order valence-corrected chi connectivity index (χ0v) is 25.9. The van der Waals surface area contributed by atoms with E-state index >= 15 is 0 Å². The minimum absolute atomic E-state index is 0. The molecule has 0 bridgehead atoms. The Morgan fingerprint density at radius 2 is 0.930 bits per heavy atom. The maximum atomic E-state index is 11.4. The summed E-state index contributed by atoms with van der Waals surface area (Å²) in [7, 11) is -6.18. The van der Waals surface area contributed by atoms with Gasteiger partial charge >= 0.3 is 15.6 Å². The van der Waals surface area contributed by atoms with Crippen molar-refractivity contribution in [1.29, 1.82) is 0 Å². The van der Waals surface area contributed by atoms with Gasteiger partial charge in [0.1, 0.15) is 0 Å². The number of benzene rings is 6. The second kappa shape index (κ2) is 13.9. The molecule has 0 aliphatic heterocycles. The number of fused-ring (bicyclic) bond motifs is 3. The van der Waals surface area contributed by atoms with Crippen LogP contribution in [0.1, 0.15) is 0 Å². The number of hydrogen-bond donors (Lipinski definition) is 0. The minimum Gasteiger partial charge on any atom is -0.259 e. The maximum absolute atomic E-state index is 11.4. The Labute approximate surface area is 263 Å². The number of hydrogen-bond acceptors (Lipinski definition) is 3. The van der Waals surface area contributed by atoms with Crippen molar-refractivity contribution in [3.05, 3.63) is 140 Å². The molecular weight excluding hydrogens is 683 g/mol. The molecule has 43 heavy (non-hydrogen) atoms. The Balaban J connectivity index is 0.000000305. The summed E-state index contributed by atoms with van der Waals surface area (Å²) >= 11 is 0. The molecule has 0 amide bonds. The average molecular weight is 709 g/mol. The van der Waals surface area contributed by atoms with Gasteiger partial charge in [0.25, 0.3) is 0 Å². The molecule has 0 aliphatic rings. The van der Waals surface area contributed by atoms with Crippen LogP contribution < -0.4 is 15.9 Å². The van der Waals surface area contributed by atoms with Gasteiger partial charge in [0.15, 0.2) is 0 Å². The first kappa shape index (κ1) is 32.5.